The lowest BCUT2D eigenvalue weighted by molar-refractivity contribution is 0.315. The van der Waals surface area contributed by atoms with Crippen molar-refractivity contribution in [3.8, 4) is 0 Å². The molecule has 1 aromatic carbocycles. The molecule has 1 atom stereocenters. The molecule has 1 saturated heterocycles. The van der Waals surface area contributed by atoms with Crippen LogP contribution in [0.3, 0.4) is 0 Å². The Morgan fingerprint density at radius 3 is 2.75 bits per heavy atom. The average molecular weight is 282 g/mol. The number of nitrogens with zero attached hydrogens (tertiary/aromatic N) is 1. The number of alkyl halides is 1. The summed E-state index contributed by atoms with van der Waals surface area (Å²) < 4.78 is 0. The number of hydrogen-bond donors (Lipinski definition) is 0. The third kappa shape index (κ3) is 3.33. The zero-order chi connectivity index (χ0) is 11.4. The Labute approximate surface area is 107 Å². The molecule has 1 fully saturated rings. The van der Waals surface area contributed by atoms with E-state index in [2.05, 4.69) is 52.0 Å². The standard InChI is InChI=1S/C14H20BrN/c1-12-2-4-13(5-3-12)10-16-9-7-14(11-16)6-8-15/h2-5,14H,6-11H2,1H3. The SMILES string of the molecule is Cc1ccc(CN2CCC(CCBr)C2)cc1. The van der Waals surface area contributed by atoms with Crippen molar-refractivity contribution in [2.24, 2.45) is 5.92 Å². The number of benzene rings is 1. The van der Waals surface area contributed by atoms with Crippen molar-refractivity contribution < 1.29 is 0 Å². The molecule has 1 aliphatic heterocycles. The van der Waals surface area contributed by atoms with Gasteiger partial charge < -0.3 is 0 Å². The summed E-state index contributed by atoms with van der Waals surface area (Å²) in [7, 11) is 0. The van der Waals surface area contributed by atoms with Crippen molar-refractivity contribution in [2.75, 3.05) is 18.4 Å². The second-order valence-electron chi connectivity index (χ2n) is 4.85. The summed E-state index contributed by atoms with van der Waals surface area (Å²) >= 11 is 3.54. The van der Waals surface area contributed by atoms with Crippen molar-refractivity contribution in [3.63, 3.8) is 0 Å². The molecule has 1 nitrogen and oxygen atoms in total. The first-order valence-electron chi connectivity index (χ1n) is 6.12. The van der Waals surface area contributed by atoms with Gasteiger partial charge in [0.25, 0.3) is 0 Å². The fourth-order valence-electron chi connectivity index (χ4n) is 2.40. The van der Waals surface area contributed by atoms with Crippen LogP contribution in [0, 0.1) is 12.8 Å². The first kappa shape index (κ1) is 12.1. The summed E-state index contributed by atoms with van der Waals surface area (Å²) in [5.74, 6) is 0.907. The Bertz CT molecular complexity index is 320. The minimum atomic E-state index is 0.907. The summed E-state index contributed by atoms with van der Waals surface area (Å²) in [6.45, 7) is 5.82. The van der Waals surface area contributed by atoms with Crippen LogP contribution in [0.5, 0.6) is 0 Å². The van der Waals surface area contributed by atoms with E-state index in [-0.39, 0.29) is 0 Å². The Balaban J connectivity index is 1.84. The Morgan fingerprint density at radius 1 is 1.31 bits per heavy atom. The molecule has 0 spiro atoms. The van der Waals surface area contributed by atoms with Gasteiger partial charge in [0.1, 0.15) is 0 Å². The highest BCUT2D eigenvalue weighted by Crippen LogP contribution is 2.22. The molecule has 1 unspecified atom stereocenters. The van der Waals surface area contributed by atoms with Gasteiger partial charge in [0.05, 0.1) is 0 Å². The van der Waals surface area contributed by atoms with Crippen molar-refractivity contribution in [1.29, 1.82) is 0 Å². The van der Waals surface area contributed by atoms with E-state index < -0.39 is 0 Å². The number of likely N-dealkylation sites (tertiary alicyclic amines) is 1. The maximum absolute atomic E-state index is 3.54. The second kappa shape index (κ2) is 5.83. The minimum absolute atomic E-state index is 0.907. The molecule has 0 aliphatic carbocycles. The molecule has 1 aromatic rings. The van der Waals surface area contributed by atoms with Gasteiger partial charge in [-0.2, -0.15) is 0 Å². The van der Waals surface area contributed by atoms with E-state index in [1.165, 1.54) is 37.1 Å². The zero-order valence-corrected chi connectivity index (χ0v) is 11.5. The fourth-order valence-corrected chi connectivity index (χ4v) is 3.05. The highest BCUT2D eigenvalue weighted by atomic mass is 79.9. The topological polar surface area (TPSA) is 3.24 Å². The van der Waals surface area contributed by atoms with Crippen LogP contribution in [0.15, 0.2) is 24.3 Å². The third-order valence-corrected chi connectivity index (χ3v) is 3.87. The van der Waals surface area contributed by atoms with Gasteiger partial charge in [-0.25, -0.2) is 0 Å². The van der Waals surface area contributed by atoms with Gasteiger partial charge in [0.15, 0.2) is 0 Å². The van der Waals surface area contributed by atoms with Gasteiger partial charge in [0, 0.05) is 18.4 Å². The van der Waals surface area contributed by atoms with E-state index in [9.17, 15) is 0 Å². The molecule has 0 amide bonds. The predicted octanol–water partition coefficient (Wildman–Crippen LogP) is 3.60. The Morgan fingerprint density at radius 2 is 2.06 bits per heavy atom. The molecule has 0 bridgehead atoms. The van der Waals surface area contributed by atoms with Gasteiger partial charge >= 0.3 is 0 Å². The van der Waals surface area contributed by atoms with Crippen LogP contribution in [0.1, 0.15) is 24.0 Å². The van der Waals surface area contributed by atoms with Gasteiger partial charge in [-0.15, -0.1) is 0 Å². The van der Waals surface area contributed by atoms with Crippen molar-refractivity contribution in [2.45, 2.75) is 26.3 Å². The van der Waals surface area contributed by atoms with Crippen LogP contribution in [0.4, 0.5) is 0 Å². The lowest BCUT2D eigenvalue weighted by Crippen LogP contribution is -2.20. The normalized spacial score (nSPS) is 21.5. The number of aryl methyl sites for hydroxylation is 1. The van der Waals surface area contributed by atoms with Crippen molar-refractivity contribution in [1.82, 2.24) is 4.90 Å². The van der Waals surface area contributed by atoms with Gasteiger partial charge in [-0.1, -0.05) is 45.8 Å². The second-order valence-corrected chi connectivity index (χ2v) is 5.65. The number of hydrogen-bond acceptors (Lipinski definition) is 1. The molecule has 2 heteroatoms. The molecule has 2 rings (SSSR count). The molecule has 16 heavy (non-hydrogen) atoms. The zero-order valence-electron chi connectivity index (χ0n) is 9.95. The summed E-state index contributed by atoms with van der Waals surface area (Å²) in [5.41, 5.74) is 2.80. The molecule has 0 aromatic heterocycles. The average Bonchev–Trinajstić information content (AvgIpc) is 2.70. The molecule has 0 N–H and O–H groups in total. The molecular weight excluding hydrogens is 262 g/mol. The molecule has 1 heterocycles. The van der Waals surface area contributed by atoms with Crippen LogP contribution < -0.4 is 0 Å². The molecule has 1 aliphatic rings. The molecular formula is C14H20BrN. The summed E-state index contributed by atoms with van der Waals surface area (Å²) in [6.07, 6.45) is 2.70. The van der Waals surface area contributed by atoms with E-state index >= 15 is 0 Å². The van der Waals surface area contributed by atoms with Crippen molar-refractivity contribution >= 4 is 15.9 Å². The lowest BCUT2D eigenvalue weighted by Gasteiger charge is -2.15. The molecule has 88 valence electrons. The van der Waals surface area contributed by atoms with Crippen LogP contribution >= 0.6 is 15.9 Å². The third-order valence-electron chi connectivity index (χ3n) is 3.41. The van der Waals surface area contributed by atoms with Gasteiger partial charge in [-0.3, -0.25) is 4.90 Å². The van der Waals surface area contributed by atoms with E-state index in [0.717, 1.165) is 17.8 Å². The largest absolute Gasteiger partial charge is 0.299 e. The van der Waals surface area contributed by atoms with Crippen LogP contribution in [0.25, 0.3) is 0 Å². The van der Waals surface area contributed by atoms with Crippen LogP contribution in [0.2, 0.25) is 0 Å². The summed E-state index contributed by atoms with van der Waals surface area (Å²) in [5, 5.41) is 1.15. The molecule has 0 saturated carbocycles. The quantitative estimate of drug-likeness (QED) is 0.763. The smallest absolute Gasteiger partial charge is 0.0233 e. The van der Waals surface area contributed by atoms with E-state index in [0.29, 0.717) is 0 Å². The first-order chi connectivity index (χ1) is 7.78. The van der Waals surface area contributed by atoms with Crippen LogP contribution in [-0.2, 0) is 6.54 Å². The highest BCUT2D eigenvalue weighted by molar-refractivity contribution is 9.09. The predicted molar refractivity (Wildman–Crippen MR) is 73.0 cm³/mol. The van der Waals surface area contributed by atoms with E-state index in [1.807, 2.05) is 0 Å². The summed E-state index contributed by atoms with van der Waals surface area (Å²) in [4.78, 5) is 2.58. The van der Waals surface area contributed by atoms with Gasteiger partial charge in [0.2, 0.25) is 0 Å². The highest BCUT2D eigenvalue weighted by Gasteiger charge is 2.21. The Hall–Kier alpha value is -0.340. The maximum Gasteiger partial charge on any atom is 0.0233 e. The number of halogens is 1. The van der Waals surface area contributed by atoms with E-state index in [4.69, 9.17) is 0 Å². The molecule has 0 radical (unpaired) electrons. The monoisotopic (exact) mass is 281 g/mol. The number of rotatable bonds is 4. The summed E-state index contributed by atoms with van der Waals surface area (Å²) in [6, 6.07) is 8.93. The maximum atomic E-state index is 3.54. The fraction of sp³-hybridized carbons (Fsp3) is 0.571. The lowest BCUT2D eigenvalue weighted by atomic mass is 10.1. The van der Waals surface area contributed by atoms with Crippen LogP contribution in [-0.4, -0.2) is 23.3 Å². The first-order valence-corrected chi connectivity index (χ1v) is 7.24. The van der Waals surface area contributed by atoms with E-state index in [1.54, 1.807) is 0 Å². The minimum Gasteiger partial charge on any atom is -0.299 e. The van der Waals surface area contributed by atoms with Gasteiger partial charge in [-0.05, 0) is 37.8 Å². The van der Waals surface area contributed by atoms with Crippen molar-refractivity contribution in [3.05, 3.63) is 35.4 Å². The Kier molecular flexibility index (Phi) is 4.42.